The van der Waals surface area contributed by atoms with Gasteiger partial charge in [0, 0.05) is 0 Å². The van der Waals surface area contributed by atoms with Crippen LogP contribution in [0.1, 0.15) is 0 Å². The van der Waals surface area contributed by atoms with Crippen LogP contribution in [0.3, 0.4) is 0 Å². The first kappa shape index (κ1) is 11.7. The van der Waals surface area contributed by atoms with Crippen LogP contribution in [0.15, 0.2) is 21.2 Å². The molecular weight excluding hydrogens is 266 g/mol. The molecule has 0 saturated heterocycles. The van der Waals surface area contributed by atoms with E-state index in [0.29, 0.717) is 0 Å². The molecule has 0 aromatic heterocycles. The minimum absolute atomic E-state index is 0.00165. The largest absolute Gasteiger partial charge is 0.198 e. The lowest BCUT2D eigenvalue weighted by Crippen LogP contribution is -2.30. The van der Waals surface area contributed by atoms with E-state index >= 15 is 0 Å². The van der Waals surface area contributed by atoms with Gasteiger partial charge in [0.25, 0.3) is 0 Å². The lowest BCUT2D eigenvalue weighted by molar-refractivity contribution is 0.714. The standard InChI is InChI=1S/C8H2Cl4N2/c9-5-1-8(12,3-14)4(2-13)6(10)7(5)11/h1,4H. The molecule has 6 heteroatoms. The zero-order valence-corrected chi connectivity index (χ0v) is 9.58. The number of nitriles is 2. The summed E-state index contributed by atoms with van der Waals surface area (Å²) in [6.45, 7) is 0. The van der Waals surface area contributed by atoms with Gasteiger partial charge in [-0.1, -0.05) is 46.4 Å². The van der Waals surface area contributed by atoms with Gasteiger partial charge in [0.15, 0.2) is 4.87 Å². The molecule has 1 aliphatic carbocycles. The van der Waals surface area contributed by atoms with E-state index in [1.807, 2.05) is 6.07 Å². The summed E-state index contributed by atoms with van der Waals surface area (Å²) in [6.07, 6.45) is 1.22. The zero-order valence-electron chi connectivity index (χ0n) is 6.56. The van der Waals surface area contributed by atoms with Crippen LogP contribution in [-0.4, -0.2) is 4.87 Å². The molecule has 0 fully saturated rings. The van der Waals surface area contributed by atoms with Gasteiger partial charge in [-0.05, 0) is 6.08 Å². The Morgan fingerprint density at radius 1 is 1.29 bits per heavy atom. The van der Waals surface area contributed by atoms with E-state index in [0.717, 1.165) is 0 Å². The second kappa shape index (κ2) is 4.01. The Morgan fingerprint density at radius 3 is 2.29 bits per heavy atom. The summed E-state index contributed by atoms with van der Waals surface area (Å²) in [6, 6.07) is 3.58. The van der Waals surface area contributed by atoms with E-state index in [-0.39, 0.29) is 15.1 Å². The molecule has 0 amide bonds. The molecule has 0 aromatic carbocycles. The highest BCUT2D eigenvalue weighted by Crippen LogP contribution is 2.44. The maximum absolute atomic E-state index is 8.81. The summed E-state index contributed by atoms with van der Waals surface area (Å²) in [7, 11) is 0. The second-order valence-electron chi connectivity index (χ2n) is 2.60. The van der Waals surface area contributed by atoms with Crippen LogP contribution in [0.5, 0.6) is 0 Å². The van der Waals surface area contributed by atoms with E-state index in [1.54, 1.807) is 6.07 Å². The molecule has 14 heavy (non-hydrogen) atoms. The van der Waals surface area contributed by atoms with Crippen molar-refractivity contribution in [3.05, 3.63) is 21.2 Å². The van der Waals surface area contributed by atoms with E-state index in [2.05, 4.69) is 0 Å². The third-order valence-electron chi connectivity index (χ3n) is 1.73. The average Bonchev–Trinajstić information content (AvgIpc) is 2.15. The summed E-state index contributed by atoms with van der Waals surface area (Å²) in [5, 5.41) is 17.8. The molecule has 0 aliphatic heterocycles. The molecule has 1 aliphatic rings. The molecule has 0 radical (unpaired) electrons. The minimum atomic E-state index is -1.54. The van der Waals surface area contributed by atoms with Crippen molar-refractivity contribution in [3.63, 3.8) is 0 Å². The first-order valence-electron chi connectivity index (χ1n) is 3.40. The third-order valence-corrected chi connectivity index (χ3v) is 3.45. The summed E-state index contributed by atoms with van der Waals surface area (Å²) in [4.78, 5) is -1.54. The van der Waals surface area contributed by atoms with Gasteiger partial charge in [0.1, 0.15) is 5.92 Å². The van der Waals surface area contributed by atoms with E-state index in [1.165, 1.54) is 6.08 Å². The van der Waals surface area contributed by atoms with Crippen LogP contribution in [0.2, 0.25) is 0 Å². The molecule has 0 aromatic rings. The van der Waals surface area contributed by atoms with Gasteiger partial charge in [0.2, 0.25) is 0 Å². The number of alkyl halides is 1. The fourth-order valence-electron chi connectivity index (χ4n) is 1.00. The molecule has 0 N–H and O–H groups in total. The first-order chi connectivity index (χ1) is 6.46. The Morgan fingerprint density at radius 2 is 1.86 bits per heavy atom. The Hall–Kier alpha value is -0.380. The molecule has 2 nitrogen and oxygen atoms in total. The van der Waals surface area contributed by atoms with Crippen molar-refractivity contribution in [1.29, 1.82) is 10.5 Å². The number of halogens is 4. The number of rotatable bonds is 0. The van der Waals surface area contributed by atoms with Crippen LogP contribution < -0.4 is 0 Å². The average molecular weight is 268 g/mol. The first-order valence-corrected chi connectivity index (χ1v) is 4.91. The maximum Gasteiger partial charge on any atom is 0.171 e. The van der Waals surface area contributed by atoms with E-state index < -0.39 is 10.8 Å². The molecule has 72 valence electrons. The van der Waals surface area contributed by atoms with E-state index in [4.69, 9.17) is 56.9 Å². The lowest BCUT2D eigenvalue weighted by Gasteiger charge is -2.25. The number of hydrogen-bond donors (Lipinski definition) is 0. The maximum atomic E-state index is 8.81. The Bertz CT molecular complexity index is 412. The minimum Gasteiger partial charge on any atom is -0.198 e. The Balaban J connectivity index is 3.35. The summed E-state index contributed by atoms with van der Waals surface area (Å²) in [5.41, 5.74) is 0. The van der Waals surface area contributed by atoms with Gasteiger partial charge in [0.05, 0.1) is 27.2 Å². The summed E-state index contributed by atoms with van der Waals surface area (Å²) >= 11 is 23.0. The molecule has 0 spiro atoms. The van der Waals surface area contributed by atoms with Crippen molar-refractivity contribution >= 4 is 46.4 Å². The van der Waals surface area contributed by atoms with Gasteiger partial charge in [-0.15, -0.1) is 0 Å². The van der Waals surface area contributed by atoms with Crippen molar-refractivity contribution in [2.24, 2.45) is 5.92 Å². The van der Waals surface area contributed by atoms with Crippen LogP contribution in [0.25, 0.3) is 0 Å². The predicted molar refractivity (Wildman–Crippen MR) is 56.0 cm³/mol. The normalized spacial score (nSPS) is 31.9. The molecule has 2 atom stereocenters. The SMILES string of the molecule is N#CC1C(Cl)=C(Cl)C(Cl)=CC1(Cl)C#N. The summed E-state index contributed by atoms with van der Waals surface area (Å²) < 4.78 is 0. The van der Waals surface area contributed by atoms with Crippen LogP contribution in [-0.2, 0) is 0 Å². The molecule has 1 rings (SSSR count). The number of hydrogen-bond acceptors (Lipinski definition) is 2. The molecule has 2 unspecified atom stereocenters. The van der Waals surface area contributed by atoms with Crippen LogP contribution in [0.4, 0.5) is 0 Å². The van der Waals surface area contributed by atoms with E-state index in [9.17, 15) is 0 Å². The fraction of sp³-hybridized carbons (Fsp3) is 0.250. The van der Waals surface area contributed by atoms with Gasteiger partial charge >= 0.3 is 0 Å². The van der Waals surface area contributed by atoms with Crippen LogP contribution in [0, 0.1) is 28.6 Å². The zero-order chi connectivity index (χ0) is 10.9. The molecule has 0 bridgehead atoms. The second-order valence-corrected chi connectivity index (χ2v) is 4.41. The monoisotopic (exact) mass is 266 g/mol. The molecular formula is C8H2Cl4N2. The third kappa shape index (κ3) is 1.72. The van der Waals surface area contributed by atoms with Gasteiger partial charge < -0.3 is 0 Å². The van der Waals surface area contributed by atoms with Crippen molar-refractivity contribution in [3.8, 4) is 12.1 Å². The van der Waals surface area contributed by atoms with Crippen LogP contribution >= 0.6 is 46.4 Å². The predicted octanol–water partition coefficient (Wildman–Crippen LogP) is 3.45. The fourth-order valence-corrected chi connectivity index (χ4v) is 2.19. The number of nitrogens with zero attached hydrogens (tertiary/aromatic N) is 2. The van der Waals surface area contributed by atoms with Crippen molar-refractivity contribution in [2.75, 3.05) is 0 Å². The van der Waals surface area contributed by atoms with Gasteiger partial charge in [-0.3, -0.25) is 0 Å². The van der Waals surface area contributed by atoms with Crippen molar-refractivity contribution < 1.29 is 0 Å². The highest BCUT2D eigenvalue weighted by molar-refractivity contribution is 6.49. The summed E-state index contributed by atoms with van der Waals surface area (Å²) in [5.74, 6) is -0.995. The Kier molecular flexibility index (Phi) is 3.35. The highest BCUT2D eigenvalue weighted by atomic mass is 35.5. The highest BCUT2D eigenvalue weighted by Gasteiger charge is 2.42. The smallest absolute Gasteiger partial charge is 0.171 e. The molecule has 0 heterocycles. The Labute approximate surface area is 101 Å². The van der Waals surface area contributed by atoms with Crippen molar-refractivity contribution in [2.45, 2.75) is 4.87 Å². The van der Waals surface area contributed by atoms with Gasteiger partial charge in [-0.25, -0.2) is 0 Å². The topological polar surface area (TPSA) is 47.6 Å². The number of allylic oxidation sites excluding steroid dienone is 4. The van der Waals surface area contributed by atoms with Crippen molar-refractivity contribution in [1.82, 2.24) is 0 Å². The quantitative estimate of drug-likeness (QED) is 0.631. The lowest BCUT2D eigenvalue weighted by atomic mass is 9.89. The van der Waals surface area contributed by atoms with Gasteiger partial charge in [-0.2, -0.15) is 10.5 Å². The molecule has 0 saturated carbocycles.